The van der Waals surface area contributed by atoms with Gasteiger partial charge >= 0.3 is 0 Å². The Balaban J connectivity index is 3.18. The number of terminal acetylenes is 1. The fourth-order valence-corrected chi connectivity index (χ4v) is 1.01. The zero-order valence-electron chi connectivity index (χ0n) is 7.10. The lowest BCUT2D eigenvalue weighted by molar-refractivity contribution is 0.402. The largest absolute Gasteiger partial charge is 0.496 e. The number of benzene rings is 1. The first-order valence-electron chi connectivity index (χ1n) is 3.64. The molecule has 0 radical (unpaired) electrons. The van der Waals surface area contributed by atoms with Crippen molar-refractivity contribution in [3.8, 4) is 18.1 Å². The smallest absolute Gasteiger partial charge is 0.162 e. The molecule has 0 saturated heterocycles. The fraction of sp³-hybridized carbons (Fsp3) is 0.200. The van der Waals surface area contributed by atoms with E-state index in [1.165, 1.54) is 7.11 Å². The summed E-state index contributed by atoms with van der Waals surface area (Å²) in [6, 6.07) is 2.04. The Labute approximate surface area is 75.3 Å². The van der Waals surface area contributed by atoms with Gasteiger partial charge in [-0.2, -0.15) is 0 Å². The molecule has 0 aliphatic heterocycles. The number of methoxy groups -OCH3 is 1. The molecule has 1 rings (SSSR count). The molecule has 0 aromatic heterocycles. The third kappa shape index (κ3) is 1.97. The fourth-order valence-electron chi connectivity index (χ4n) is 1.01. The summed E-state index contributed by atoms with van der Waals surface area (Å²) in [7, 11) is 1.38. The monoisotopic (exact) mass is 182 g/mol. The van der Waals surface area contributed by atoms with Crippen molar-refractivity contribution in [3.05, 3.63) is 29.3 Å². The zero-order valence-corrected chi connectivity index (χ0v) is 7.10. The summed E-state index contributed by atoms with van der Waals surface area (Å²) in [6.07, 6.45) is 5.27. The maximum absolute atomic E-state index is 12.7. The summed E-state index contributed by atoms with van der Waals surface area (Å²) >= 11 is 0. The van der Waals surface area contributed by atoms with Crippen LogP contribution < -0.4 is 4.74 Å². The highest BCUT2D eigenvalue weighted by Gasteiger charge is 2.08. The highest BCUT2D eigenvalue weighted by atomic mass is 19.2. The van der Waals surface area contributed by atoms with E-state index >= 15 is 0 Å². The minimum atomic E-state index is -0.933. The average Bonchev–Trinajstić information content (AvgIpc) is 2.11. The van der Waals surface area contributed by atoms with E-state index in [1.54, 1.807) is 0 Å². The Kier molecular flexibility index (Phi) is 2.86. The van der Waals surface area contributed by atoms with Gasteiger partial charge in [0.1, 0.15) is 5.75 Å². The molecular weight excluding hydrogens is 174 g/mol. The summed E-state index contributed by atoms with van der Waals surface area (Å²) in [4.78, 5) is 0. The van der Waals surface area contributed by atoms with Crippen molar-refractivity contribution >= 4 is 0 Å². The van der Waals surface area contributed by atoms with Crippen LogP contribution in [0.4, 0.5) is 8.78 Å². The molecule has 68 valence electrons. The van der Waals surface area contributed by atoms with Crippen molar-refractivity contribution in [3.63, 3.8) is 0 Å². The van der Waals surface area contributed by atoms with Crippen LogP contribution in [-0.4, -0.2) is 7.11 Å². The van der Waals surface area contributed by atoms with Crippen molar-refractivity contribution in [2.75, 3.05) is 7.11 Å². The number of hydrogen-bond acceptors (Lipinski definition) is 1. The van der Waals surface area contributed by atoms with Crippen molar-refractivity contribution < 1.29 is 13.5 Å². The molecular formula is C10H8F2O. The third-order valence-electron chi connectivity index (χ3n) is 1.62. The van der Waals surface area contributed by atoms with E-state index in [0.717, 1.165) is 12.1 Å². The Morgan fingerprint density at radius 1 is 1.38 bits per heavy atom. The van der Waals surface area contributed by atoms with Crippen LogP contribution in [0.5, 0.6) is 5.75 Å². The quantitative estimate of drug-likeness (QED) is 0.637. The van der Waals surface area contributed by atoms with Crippen LogP contribution in [0, 0.1) is 24.0 Å². The Hall–Kier alpha value is -1.56. The van der Waals surface area contributed by atoms with Gasteiger partial charge in [0.15, 0.2) is 11.6 Å². The van der Waals surface area contributed by atoms with Gasteiger partial charge < -0.3 is 4.74 Å². The van der Waals surface area contributed by atoms with Crippen LogP contribution in [0.3, 0.4) is 0 Å². The van der Waals surface area contributed by atoms with E-state index in [2.05, 4.69) is 5.92 Å². The van der Waals surface area contributed by atoms with E-state index in [-0.39, 0.29) is 12.2 Å². The Bertz CT molecular complexity index is 353. The first-order valence-corrected chi connectivity index (χ1v) is 3.64. The van der Waals surface area contributed by atoms with Crippen LogP contribution in [-0.2, 0) is 6.42 Å². The lowest BCUT2D eigenvalue weighted by Gasteiger charge is -2.05. The van der Waals surface area contributed by atoms with Gasteiger partial charge in [-0.05, 0) is 6.07 Å². The summed E-state index contributed by atoms with van der Waals surface area (Å²) in [6.45, 7) is 0. The molecule has 0 saturated carbocycles. The average molecular weight is 182 g/mol. The molecule has 0 aliphatic carbocycles. The van der Waals surface area contributed by atoms with Crippen molar-refractivity contribution in [2.45, 2.75) is 6.42 Å². The maximum Gasteiger partial charge on any atom is 0.162 e. The van der Waals surface area contributed by atoms with Gasteiger partial charge in [0.2, 0.25) is 0 Å². The summed E-state index contributed by atoms with van der Waals surface area (Å²) in [5.74, 6) is 0.767. The molecule has 0 spiro atoms. The van der Waals surface area contributed by atoms with E-state index in [4.69, 9.17) is 11.2 Å². The molecule has 13 heavy (non-hydrogen) atoms. The summed E-state index contributed by atoms with van der Waals surface area (Å²) in [5, 5.41) is 0. The van der Waals surface area contributed by atoms with Gasteiger partial charge in [-0.15, -0.1) is 12.3 Å². The maximum atomic E-state index is 12.7. The summed E-state index contributed by atoms with van der Waals surface area (Å²) < 4.78 is 30.2. The number of halogens is 2. The molecule has 0 aliphatic rings. The van der Waals surface area contributed by atoms with Crippen LogP contribution in [0.15, 0.2) is 12.1 Å². The topological polar surface area (TPSA) is 9.23 Å². The van der Waals surface area contributed by atoms with Gasteiger partial charge in [0.05, 0.1) is 7.11 Å². The van der Waals surface area contributed by atoms with Crippen molar-refractivity contribution in [1.29, 1.82) is 0 Å². The van der Waals surface area contributed by atoms with E-state index in [0.29, 0.717) is 5.56 Å². The van der Waals surface area contributed by atoms with Crippen LogP contribution in [0.2, 0.25) is 0 Å². The predicted molar refractivity (Wildman–Crippen MR) is 45.4 cm³/mol. The Morgan fingerprint density at radius 3 is 2.54 bits per heavy atom. The van der Waals surface area contributed by atoms with Gasteiger partial charge in [-0.3, -0.25) is 0 Å². The SMILES string of the molecule is C#CCc1cc(F)c(F)cc1OC. The second-order valence-corrected chi connectivity index (χ2v) is 2.46. The molecule has 3 heteroatoms. The predicted octanol–water partition coefficient (Wildman–Crippen LogP) is 2.15. The molecule has 0 atom stereocenters. The van der Waals surface area contributed by atoms with Gasteiger partial charge in [-0.1, -0.05) is 0 Å². The first-order chi connectivity index (χ1) is 6.19. The lowest BCUT2D eigenvalue weighted by Crippen LogP contribution is -1.95. The Morgan fingerprint density at radius 2 is 2.00 bits per heavy atom. The third-order valence-corrected chi connectivity index (χ3v) is 1.62. The van der Waals surface area contributed by atoms with Crippen molar-refractivity contribution in [2.24, 2.45) is 0 Å². The zero-order chi connectivity index (χ0) is 9.84. The minimum absolute atomic E-state index is 0.223. The van der Waals surface area contributed by atoms with E-state index < -0.39 is 11.6 Å². The molecule has 1 aromatic carbocycles. The van der Waals surface area contributed by atoms with Crippen LogP contribution in [0.1, 0.15) is 5.56 Å². The van der Waals surface area contributed by atoms with E-state index in [1.807, 2.05) is 0 Å². The lowest BCUT2D eigenvalue weighted by atomic mass is 10.1. The normalized spacial score (nSPS) is 9.38. The molecule has 0 unspecified atom stereocenters. The van der Waals surface area contributed by atoms with Crippen molar-refractivity contribution in [1.82, 2.24) is 0 Å². The second-order valence-electron chi connectivity index (χ2n) is 2.46. The molecule has 0 amide bonds. The second kappa shape index (κ2) is 3.90. The highest BCUT2D eigenvalue weighted by Crippen LogP contribution is 2.22. The number of hydrogen-bond donors (Lipinski definition) is 0. The highest BCUT2D eigenvalue weighted by molar-refractivity contribution is 5.36. The molecule has 0 bridgehead atoms. The molecule has 0 heterocycles. The first kappa shape index (κ1) is 9.53. The molecule has 0 fully saturated rings. The van der Waals surface area contributed by atoms with Gasteiger partial charge in [0.25, 0.3) is 0 Å². The number of rotatable bonds is 2. The molecule has 1 aromatic rings. The van der Waals surface area contributed by atoms with E-state index in [9.17, 15) is 8.78 Å². The standard InChI is InChI=1S/C10H8F2O/c1-3-4-7-5-8(11)9(12)6-10(7)13-2/h1,5-6H,4H2,2H3. The van der Waals surface area contributed by atoms with Gasteiger partial charge in [0, 0.05) is 18.1 Å². The molecule has 1 nitrogen and oxygen atoms in total. The van der Waals surface area contributed by atoms with Crippen LogP contribution in [0.25, 0.3) is 0 Å². The van der Waals surface area contributed by atoms with Gasteiger partial charge in [-0.25, -0.2) is 8.78 Å². The minimum Gasteiger partial charge on any atom is -0.496 e. The summed E-state index contributed by atoms with van der Waals surface area (Å²) in [5.41, 5.74) is 0.476. The number of ether oxygens (including phenoxy) is 1. The van der Waals surface area contributed by atoms with Crippen LogP contribution >= 0.6 is 0 Å². The molecule has 0 N–H and O–H groups in total.